The predicted molar refractivity (Wildman–Crippen MR) is 201 cm³/mol. The Balaban J connectivity index is 1.02. The number of rotatable bonds is 9. The molecule has 53 heavy (non-hydrogen) atoms. The number of carbonyl (C=O) groups is 3. The summed E-state index contributed by atoms with van der Waals surface area (Å²) in [6.45, 7) is 17.0. The third kappa shape index (κ3) is 6.56. The molecule has 9 heteroatoms. The van der Waals surface area contributed by atoms with Gasteiger partial charge in [-0.25, -0.2) is 4.68 Å². The lowest BCUT2D eigenvalue weighted by Crippen LogP contribution is -2.65. The van der Waals surface area contributed by atoms with Gasteiger partial charge in [0.05, 0.1) is 19.0 Å². The van der Waals surface area contributed by atoms with E-state index in [1.807, 2.05) is 30.3 Å². The molecule has 0 aliphatic heterocycles. The second-order valence-corrected chi connectivity index (χ2v) is 19.7. The van der Waals surface area contributed by atoms with E-state index in [9.17, 15) is 19.5 Å². The van der Waals surface area contributed by atoms with Gasteiger partial charge >= 0.3 is 17.9 Å². The fraction of sp³-hybridized carbons (Fsp3) is 0.705. The third-order valence-corrected chi connectivity index (χ3v) is 16.0. The van der Waals surface area contributed by atoms with Crippen molar-refractivity contribution in [2.24, 2.45) is 50.2 Å². The number of aromatic nitrogens is 3. The van der Waals surface area contributed by atoms with Crippen LogP contribution in [0.1, 0.15) is 130 Å². The van der Waals surface area contributed by atoms with Crippen molar-refractivity contribution in [1.29, 1.82) is 0 Å². The minimum absolute atomic E-state index is 0.00566. The summed E-state index contributed by atoms with van der Waals surface area (Å²) < 4.78 is 13.1. The number of aliphatic carboxylic acids is 1. The summed E-state index contributed by atoms with van der Waals surface area (Å²) in [5, 5.41) is 18.3. The zero-order valence-electron chi connectivity index (χ0n) is 33.1. The third-order valence-electron chi connectivity index (χ3n) is 16.0. The number of benzene rings is 1. The van der Waals surface area contributed by atoms with Crippen molar-refractivity contribution in [3.8, 4) is 0 Å². The molecular formula is C44H61N3O6. The molecule has 0 saturated heterocycles. The van der Waals surface area contributed by atoms with E-state index in [0.29, 0.717) is 23.4 Å². The van der Waals surface area contributed by atoms with Crippen LogP contribution in [-0.2, 0) is 43.4 Å². The maximum Gasteiger partial charge on any atom is 0.328 e. The Morgan fingerprint density at radius 2 is 1.62 bits per heavy atom. The van der Waals surface area contributed by atoms with Crippen LogP contribution in [0.4, 0.5) is 0 Å². The summed E-state index contributed by atoms with van der Waals surface area (Å²) in [6.07, 6.45) is 14.9. The zero-order chi connectivity index (χ0) is 38.0. The Morgan fingerprint density at radius 3 is 2.36 bits per heavy atom. The van der Waals surface area contributed by atoms with Crippen LogP contribution in [0, 0.1) is 50.2 Å². The standard InChI is InChI=1S/C44H61N3O6/c1-39(2)19-21-44(25-36(48)49)22-20-42(6)31(32(44)24-39)13-14-34-41(5)17-16-35(40(3,4)33(41)15-18-43(34,42)7)53-38(51)27-47-26-30(45-46-47)28-52-37(50)23-29-11-9-8-10-12-29/h8-13,26,32-35H,14-25,27-28H2,1-7H3,(H,48,49)/t32-,33?,34-,35+,41+,42-,43-,44-/m1/s1. The molecule has 0 bridgehead atoms. The molecule has 1 aromatic carbocycles. The molecule has 0 radical (unpaired) electrons. The highest BCUT2D eigenvalue weighted by atomic mass is 16.5. The summed E-state index contributed by atoms with van der Waals surface area (Å²) in [4.78, 5) is 37.9. The molecule has 9 nitrogen and oxygen atoms in total. The number of carboxylic acid groups (broad SMARTS) is 1. The van der Waals surface area contributed by atoms with Crippen LogP contribution < -0.4 is 0 Å². The largest absolute Gasteiger partial charge is 0.481 e. The molecule has 1 N–H and O–H groups in total. The molecule has 0 amide bonds. The van der Waals surface area contributed by atoms with Crippen LogP contribution in [0.2, 0.25) is 0 Å². The SMILES string of the molecule is CC1(C)CC[C@]2(CC(=O)O)CC[C@]3(C)C(=CC[C@@H]4[C@@]5(C)CC[C@H](OC(=O)Cn6cc(COC(=O)Cc7ccccc7)nn6)C(C)(C)C5CC[C@]43C)[C@H]2C1. The molecule has 5 aliphatic rings. The van der Waals surface area contributed by atoms with E-state index in [2.05, 4.69) is 64.9 Å². The highest BCUT2D eigenvalue weighted by Gasteiger charge is 2.68. The van der Waals surface area contributed by atoms with E-state index in [0.717, 1.165) is 69.8 Å². The number of carbonyl (C=O) groups excluding carboxylic acids is 2. The fourth-order valence-corrected chi connectivity index (χ4v) is 12.9. The van der Waals surface area contributed by atoms with E-state index in [-0.39, 0.29) is 76.5 Å². The van der Waals surface area contributed by atoms with Crippen molar-refractivity contribution >= 4 is 17.9 Å². The monoisotopic (exact) mass is 727 g/mol. The Bertz CT molecular complexity index is 1760. The number of nitrogens with zero attached hydrogens (tertiary/aromatic N) is 3. The molecule has 1 unspecified atom stereocenters. The zero-order valence-corrected chi connectivity index (χ0v) is 33.1. The van der Waals surface area contributed by atoms with E-state index in [4.69, 9.17) is 9.47 Å². The minimum Gasteiger partial charge on any atom is -0.481 e. The Kier molecular flexibility index (Phi) is 9.54. The van der Waals surface area contributed by atoms with E-state index in [1.165, 1.54) is 4.68 Å². The minimum atomic E-state index is -0.644. The smallest absolute Gasteiger partial charge is 0.328 e. The second-order valence-electron chi connectivity index (χ2n) is 19.7. The molecule has 7 rings (SSSR count). The quantitative estimate of drug-likeness (QED) is 0.201. The van der Waals surface area contributed by atoms with Gasteiger partial charge in [0, 0.05) is 5.41 Å². The Morgan fingerprint density at radius 1 is 0.887 bits per heavy atom. The lowest BCUT2D eigenvalue weighted by molar-refractivity contribution is -0.213. The molecular weight excluding hydrogens is 666 g/mol. The molecule has 5 aliphatic carbocycles. The summed E-state index contributed by atoms with van der Waals surface area (Å²) in [6, 6.07) is 9.44. The number of hydrogen-bond donors (Lipinski definition) is 1. The maximum absolute atomic E-state index is 13.4. The van der Waals surface area contributed by atoms with Gasteiger partial charge in [0.1, 0.15) is 24.9 Å². The van der Waals surface area contributed by atoms with E-state index >= 15 is 0 Å². The number of esters is 2. The maximum atomic E-state index is 13.4. The van der Waals surface area contributed by atoms with Gasteiger partial charge in [-0.3, -0.25) is 14.4 Å². The molecule has 8 atom stereocenters. The van der Waals surface area contributed by atoms with E-state index in [1.54, 1.807) is 11.8 Å². The second kappa shape index (κ2) is 13.4. The first-order chi connectivity index (χ1) is 24.9. The lowest BCUT2D eigenvalue weighted by atomic mass is 9.33. The molecule has 4 fully saturated rings. The summed E-state index contributed by atoms with van der Waals surface area (Å²) in [5.41, 5.74) is 3.13. The van der Waals surface area contributed by atoms with E-state index < -0.39 is 5.97 Å². The van der Waals surface area contributed by atoms with Crippen LogP contribution >= 0.6 is 0 Å². The van der Waals surface area contributed by atoms with Gasteiger partial charge in [-0.1, -0.05) is 95.7 Å². The average molecular weight is 728 g/mol. The number of carboxylic acids is 1. The van der Waals surface area contributed by atoms with Crippen LogP contribution in [-0.4, -0.2) is 44.1 Å². The van der Waals surface area contributed by atoms with Crippen molar-refractivity contribution in [3.05, 3.63) is 59.4 Å². The van der Waals surface area contributed by atoms with Crippen LogP contribution in [0.25, 0.3) is 0 Å². The van der Waals surface area contributed by atoms with Gasteiger partial charge in [0.25, 0.3) is 0 Å². The van der Waals surface area contributed by atoms with Crippen molar-refractivity contribution in [2.45, 2.75) is 145 Å². The van der Waals surface area contributed by atoms with Crippen LogP contribution in [0.3, 0.4) is 0 Å². The van der Waals surface area contributed by atoms with Crippen molar-refractivity contribution in [3.63, 3.8) is 0 Å². The number of fused-ring (bicyclic) bond motifs is 7. The number of hydrogen-bond acceptors (Lipinski definition) is 7. The van der Waals surface area contributed by atoms with Crippen molar-refractivity contribution in [2.75, 3.05) is 0 Å². The summed E-state index contributed by atoms with van der Waals surface area (Å²) in [7, 11) is 0. The summed E-state index contributed by atoms with van der Waals surface area (Å²) in [5.74, 6) is -0.0579. The topological polar surface area (TPSA) is 121 Å². The molecule has 0 spiro atoms. The van der Waals surface area contributed by atoms with Crippen molar-refractivity contribution < 1.29 is 29.0 Å². The highest BCUT2D eigenvalue weighted by molar-refractivity contribution is 5.72. The first-order valence-corrected chi connectivity index (χ1v) is 20.1. The van der Waals surface area contributed by atoms with Gasteiger partial charge in [-0.2, -0.15) is 0 Å². The summed E-state index contributed by atoms with van der Waals surface area (Å²) >= 11 is 0. The lowest BCUT2D eigenvalue weighted by Gasteiger charge is -2.71. The average Bonchev–Trinajstić information content (AvgIpc) is 3.53. The van der Waals surface area contributed by atoms with Gasteiger partial charge in [-0.05, 0) is 115 Å². The van der Waals surface area contributed by atoms with Crippen LogP contribution in [0.5, 0.6) is 0 Å². The molecule has 4 saturated carbocycles. The molecule has 2 aromatic rings. The fourth-order valence-electron chi connectivity index (χ4n) is 12.9. The first-order valence-electron chi connectivity index (χ1n) is 20.1. The molecule has 288 valence electrons. The van der Waals surface area contributed by atoms with Gasteiger partial charge in [-0.15, -0.1) is 5.10 Å². The molecule has 1 heterocycles. The van der Waals surface area contributed by atoms with Gasteiger partial charge < -0.3 is 14.6 Å². The number of allylic oxidation sites excluding steroid dienone is 2. The van der Waals surface area contributed by atoms with Gasteiger partial charge in [0.2, 0.25) is 0 Å². The Labute approximate surface area is 315 Å². The van der Waals surface area contributed by atoms with Gasteiger partial charge in [0.15, 0.2) is 0 Å². The highest BCUT2D eigenvalue weighted by Crippen LogP contribution is 2.76. The number of ether oxygens (including phenoxy) is 2. The first kappa shape index (κ1) is 37.8. The molecule has 1 aromatic heterocycles. The normalized spacial score (nSPS) is 36.8. The van der Waals surface area contributed by atoms with Crippen LogP contribution in [0.15, 0.2) is 48.2 Å². The van der Waals surface area contributed by atoms with Crippen molar-refractivity contribution in [1.82, 2.24) is 15.0 Å². The predicted octanol–water partition coefficient (Wildman–Crippen LogP) is 8.75. The Hall–Kier alpha value is -3.49.